The molecule has 2 rings (SSSR count). The van der Waals surface area contributed by atoms with E-state index in [2.05, 4.69) is 26.3 Å². The quantitative estimate of drug-likeness (QED) is 0.641. The zero-order valence-electron chi connectivity index (χ0n) is 11.2. The number of aromatic nitrogens is 2. The summed E-state index contributed by atoms with van der Waals surface area (Å²) in [5.74, 6) is -1.39. The van der Waals surface area contributed by atoms with Gasteiger partial charge < -0.3 is 10.1 Å². The molecule has 8 nitrogen and oxygen atoms in total. The number of carbonyl (C=O) groups excluding carboxylic acids is 1. The van der Waals surface area contributed by atoms with Crippen molar-refractivity contribution in [3.63, 3.8) is 0 Å². The Morgan fingerprint density at radius 3 is 2.86 bits per heavy atom. The zero-order valence-corrected chi connectivity index (χ0v) is 12.8. The lowest BCUT2D eigenvalue weighted by molar-refractivity contribution is -0.385. The highest BCUT2D eigenvalue weighted by molar-refractivity contribution is 9.10. The number of nitro groups is 1. The molecule has 1 heterocycles. The van der Waals surface area contributed by atoms with E-state index in [1.54, 1.807) is 6.07 Å². The van der Waals surface area contributed by atoms with Crippen LogP contribution in [0.15, 0.2) is 28.9 Å². The van der Waals surface area contributed by atoms with E-state index in [4.69, 9.17) is 4.74 Å². The molecular weight excluding hydrogens is 363 g/mol. The van der Waals surface area contributed by atoms with Crippen molar-refractivity contribution in [3.05, 3.63) is 44.8 Å². The molecule has 0 aliphatic rings. The molecule has 0 saturated heterocycles. The van der Waals surface area contributed by atoms with Gasteiger partial charge in [-0.3, -0.25) is 19.6 Å². The zero-order chi connectivity index (χ0) is 16.3. The number of hydrogen-bond donors (Lipinski definition) is 1. The summed E-state index contributed by atoms with van der Waals surface area (Å²) in [6, 6.07) is 4.17. The summed E-state index contributed by atoms with van der Waals surface area (Å²) in [7, 11) is 1.23. The Balaban J connectivity index is 2.10. The summed E-state index contributed by atoms with van der Waals surface area (Å²) < 4.78 is 19.9. The van der Waals surface area contributed by atoms with Crippen molar-refractivity contribution in [1.82, 2.24) is 9.78 Å². The Kier molecular flexibility index (Phi) is 4.71. The Hall–Kier alpha value is -2.49. The lowest BCUT2D eigenvalue weighted by Gasteiger charge is -2.06. The largest absolute Gasteiger partial charge is 0.475 e. The molecule has 0 fully saturated rings. The summed E-state index contributed by atoms with van der Waals surface area (Å²) in [6.07, 6.45) is 1.07. The summed E-state index contributed by atoms with van der Waals surface area (Å²) >= 11 is 3.10. The monoisotopic (exact) mass is 372 g/mol. The normalized spacial score (nSPS) is 10.3. The number of hydrogen-bond acceptors (Lipinski definition) is 5. The van der Waals surface area contributed by atoms with Gasteiger partial charge in [0.2, 0.25) is 5.91 Å². The third-order valence-electron chi connectivity index (χ3n) is 2.61. The van der Waals surface area contributed by atoms with Crippen LogP contribution in [-0.4, -0.2) is 27.7 Å². The SMILES string of the molecule is COc1nn(CC(=O)Nc2ccc(Br)cc2F)cc1[N+](=O)[O-]. The number of nitrogens with one attached hydrogen (secondary N) is 1. The Morgan fingerprint density at radius 2 is 2.32 bits per heavy atom. The molecule has 2 aromatic rings. The molecule has 0 bridgehead atoms. The molecule has 1 N–H and O–H groups in total. The van der Waals surface area contributed by atoms with Crippen molar-refractivity contribution >= 4 is 33.2 Å². The summed E-state index contributed by atoms with van der Waals surface area (Å²) in [5.41, 5.74) is -0.355. The number of halogens is 2. The van der Waals surface area contributed by atoms with E-state index in [-0.39, 0.29) is 23.8 Å². The number of nitrogens with zero attached hydrogens (tertiary/aromatic N) is 3. The molecule has 0 saturated carbocycles. The number of methoxy groups -OCH3 is 1. The highest BCUT2D eigenvalue weighted by Gasteiger charge is 2.21. The van der Waals surface area contributed by atoms with Crippen molar-refractivity contribution in [2.75, 3.05) is 12.4 Å². The van der Waals surface area contributed by atoms with Gasteiger partial charge in [0.1, 0.15) is 18.6 Å². The molecule has 0 atom stereocenters. The third-order valence-corrected chi connectivity index (χ3v) is 3.10. The van der Waals surface area contributed by atoms with Gasteiger partial charge in [-0.15, -0.1) is 5.10 Å². The van der Waals surface area contributed by atoms with Crippen LogP contribution in [-0.2, 0) is 11.3 Å². The van der Waals surface area contributed by atoms with Crippen LogP contribution in [0.1, 0.15) is 0 Å². The summed E-state index contributed by atoms with van der Waals surface area (Å²) in [6.45, 7) is -0.320. The predicted molar refractivity (Wildman–Crippen MR) is 78.2 cm³/mol. The summed E-state index contributed by atoms with van der Waals surface area (Å²) in [5, 5.41) is 16.9. The number of benzene rings is 1. The maximum atomic E-state index is 13.6. The highest BCUT2D eigenvalue weighted by Crippen LogP contribution is 2.24. The van der Waals surface area contributed by atoms with Gasteiger partial charge in [0.05, 0.1) is 17.7 Å². The first kappa shape index (κ1) is 15.9. The first-order chi connectivity index (χ1) is 10.4. The highest BCUT2D eigenvalue weighted by atomic mass is 79.9. The first-order valence-corrected chi connectivity index (χ1v) is 6.70. The fraction of sp³-hybridized carbons (Fsp3) is 0.167. The second-order valence-electron chi connectivity index (χ2n) is 4.15. The number of rotatable bonds is 5. The van der Waals surface area contributed by atoms with Gasteiger partial charge in [-0.1, -0.05) is 15.9 Å². The van der Waals surface area contributed by atoms with Crippen molar-refractivity contribution in [3.8, 4) is 5.88 Å². The third kappa shape index (κ3) is 3.58. The van der Waals surface area contributed by atoms with Crippen LogP contribution in [0.25, 0.3) is 0 Å². The molecule has 1 aromatic heterocycles. The van der Waals surface area contributed by atoms with Crippen molar-refractivity contribution < 1.29 is 18.8 Å². The molecule has 0 aliphatic heterocycles. The Labute approximate surface area is 132 Å². The van der Waals surface area contributed by atoms with E-state index in [1.807, 2.05) is 0 Å². The maximum absolute atomic E-state index is 13.6. The average molecular weight is 373 g/mol. The van der Waals surface area contributed by atoms with Crippen LogP contribution in [0.3, 0.4) is 0 Å². The number of carbonyl (C=O) groups is 1. The van der Waals surface area contributed by atoms with E-state index < -0.39 is 16.6 Å². The van der Waals surface area contributed by atoms with Crippen molar-refractivity contribution in [1.29, 1.82) is 0 Å². The van der Waals surface area contributed by atoms with Crippen LogP contribution < -0.4 is 10.1 Å². The predicted octanol–water partition coefficient (Wildman–Crippen LogP) is 2.34. The number of ether oxygens (including phenoxy) is 1. The Bertz CT molecular complexity index is 734. The van der Waals surface area contributed by atoms with E-state index in [0.29, 0.717) is 4.47 Å². The molecule has 0 radical (unpaired) electrons. The van der Waals surface area contributed by atoms with Crippen LogP contribution in [0.4, 0.5) is 15.8 Å². The van der Waals surface area contributed by atoms with Gasteiger partial charge in [-0.25, -0.2) is 4.39 Å². The average Bonchev–Trinajstić information content (AvgIpc) is 2.85. The van der Waals surface area contributed by atoms with Gasteiger partial charge in [0.25, 0.3) is 0 Å². The van der Waals surface area contributed by atoms with Gasteiger partial charge in [0.15, 0.2) is 0 Å². The number of anilines is 1. The van der Waals surface area contributed by atoms with Crippen molar-refractivity contribution in [2.45, 2.75) is 6.54 Å². The van der Waals surface area contributed by atoms with Crippen LogP contribution in [0.2, 0.25) is 0 Å². The fourth-order valence-electron chi connectivity index (χ4n) is 1.67. The smallest absolute Gasteiger partial charge is 0.350 e. The van der Waals surface area contributed by atoms with Crippen LogP contribution >= 0.6 is 15.9 Å². The van der Waals surface area contributed by atoms with Crippen LogP contribution in [0, 0.1) is 15.9 Å². The molecule has 116 valence electrons. The molecular formula is C12H10BrFN4O4. The standard InChI is InChI=1S/C12H10BrFN4O4/c1-22-12-10(18(20)21)5-17(16-12)6-11(19)15-9-3-2-7(13)4-8(9)14/h2-5H,6H2,1H3,(H,15,19). The second-order valence-corrected chi connectivity index (χ2v) is 5.07. The van der Waals surface area contributed by atoms with Gasteiger partial charge >= 0.3 is 11.6 Å². The topological polar surface area (TPSA) is 99.3 Å². The van der Waals surface area contributed by atoms with E-state index >= 15 is 0 Å². The molecule has 0 aliphatic carbocycles. The van der Waals surface area contributed by atoms with Gasteiger partial charge in [0, 0.05) is 4.47 Å². The Morgan fingerprint density at radius 1 is 1.59 bits per heavy atom. The van der Waals surface area contributed by atoms with Gasteiger partial charge in [-0.2, -0.15) is 0 Å². The fourth-order valence-corrected chi connectivity index (χ4v) is 2.01. The minimum atomic E-state index is -0.672. The van der Waals surface area contributed by atoms with E-state index in [0.717, 1.165) is 10.9 Å². The molecule has 0 spiro atoms. The second kappa shape index (κ2) is 6.52. The van der Waals surface area contributed by atoms with Crippen molar-refractivity contribution in [2.24, 2.45) is 0 Å². The maximum Gasteiger partial charge on any atom is 0.350 e. The number of amides is 1. The molecule has 22 heavy (non-hydrogen) atoms. The van der Waals surface area contributed by atoms with Crippen LogP contribution in [0.5, 0.6) is 5.88 Å². The lowest BCUT2D eigenvalue weighted by Crippen LogP contribution is -2.19. The molecule has 0 unspecified atom stereocenters. The first-order valence-electron chi connectivity index (χ1n) is 5.91. The molecule has 10 heteroatoms. The minimum Gasteiger partial charge on any atom is -0.475 e. The van der Waals surface area contributed by atoms with Gasteiger partial charge in [-0.05, 0) is 18.2 Å². The summed E-state index contributed by atoms with van der Waals surface area (Å²) in [4.78, 5) is 21.9. The van der Waals surface area contributed by atoms with E-state index in [1.165, 1.54) is 19.2 Å². The lowest BCUT2D eigenvalue weighted by atomic mass is 10.3. The molecule has 1 amide bonds. The molecule has 1 aromatic carbocycles. The minimum absolute atomic E-state index is 0.00169. The van der Waals surface area contributed by atoms with E-state index in [9.17, 15) is 19.3 Å².